The largest absolute Gasteiger partial charge is 0.354 e. The molecule has 1 aromatic heterocycles. The molecule has 0 radical (unpaired) electrons. The number of hydrogen-bond acceptors (Lipinski definition) is 1. The molecule has 15 heavy (non-hydrogen) atoms. The van der Waals surface area contributed by atoms with Crippen LogP contribution >= 0.6 is 8.46 Å². The molecule has 2 nitrogen and oxygen atoms in total. The summed E-state index contributed by atoms with van der Waals surface area (Å²) in [6, 6.07) is 13.9. The van der Waals surface area contributed by atoms with Crippen LogP contribution in [-0.2, 0) is 4.57 Å². The maximum absolute atomic E-state index is 11.0. The number of aromatic nitrogens is 1. The number of para-hydroxylation sites is 2. The fraction of sp³-hybridized carbons (Fsp3) is 0. The van der Waals surface area contributed by atoms with Crippen molar-refractivity contribution in [2.24, 2.45) is 0 Å². The predicted molar refractivity (Wildman–Crippen MR) is 63.0 cm³/mol. The fourth-order valence-corrected chi connectivity index (χ4v) is 2.35. The zero-order valence-corrected chi connectivity index (χ0v) is 8.79. The topological polar surface area (TPSA) is 32.9 Å². The molecule has 0 bridgehead atoms. The first-order chi connectivity index (χ1) is 7.40. The highest BCUT2D eigenvalue weighted by Gasteiger charge is 2.06. The van der Waals surface area contributed by atoms with Gasteiger partial charge in [0, 0.05) is 16.3 Å². The first kappa shape index (κ1) is 8.63. The molecule has 1 N–H and O–H groups in total. The Bertz CT molecular complexity index is 657. The van der Waals surface area contributed by atoms with Crippen molar-refractivity contribution in [3.05, 3.63) is 42.5 Å². The van der Waals surface area contributed by atoms with E-state index in [0.717, 1.165) is 21.7 Å². The van der Waals surface area contributed by atoms with Crippen molar-refractivity contribution in [2.45, 2.75) is 0 Å². The van der Waals surface area contributed by atoms with Crippen LogP contribution in [0.1, 0.15) is 0 Å². The van der Waals surface area contributed by atoms with Gasteiger partial charge in [0.05, 0.1) is 10.8 Å². The van der Waals surface area contributed by atoms with Crippen LogP contribution < -0.4 is 5.30 Å². The van der Waals surface area contributed by atoms with E-state index in [4.69, 9.17) is 0 Å². The summed E-state index contributed by atoms with van der Waals surface area (Å²) < 4.78 is 11.0. The second-order valence-corrected chi connectivity index (χ2v) is 4.13. The fourth-order valence-electron chi connectivity index (χ4n) is 1.93. The molecule has 0 fully saturated rings. The molecule has 3 aromatic rings. The van der Waals surface area contributed by atoms with Crippen molar-refractivity contribution in [3.63, 3.8) is 0 Å². The number of aromatic amines is 1. The van der Waals surface area contributed by atoms with Crippen LogP contribution in [0.25, 0.3) is 21.8 Å². The smallest absolute Gasteiger partial charge is 0.194 e. The van der Waals surface area contributed by atoms with Gasteiger partial charge in [-0.1, -0.05) is 30.3 Å². The molecule has 0 amide bonds. The molecule has 2 aromatic carbocycles. The lowest BCUT2D eigenvalue weighted by molar-refractivity contribution is 0.603. The summed E-state index contributed by atoms with van der Waals surface area (Å²) >= 11 is 0. The van der Waals surface area contributed by atoms with Crippen molar-refractivity contribution in [3.8, 4) is 0 Å². The van der Waals surface area contributed by atoms with Crippen LogP contribution in [0.2, 0.25) is 0 Å². The Labute approximate surface area is 88.1 Å². The third-order valence-corrected chi connectivity index (χ3v) is 3.19. The minimum atomic E-state index is 0.0598. The Morgan fingerprint density at radius 2 is 1.73 bits per heavy atom. The summed E-state index contributed by atoms with van der Waals surface area (Å²) in [5.41, 5.74) is 2.05. The lowest BCUT2D eigenvalue weighted by Gasteiger charge is -1.91. The standard InChI is InChI=1S/C12H8NOP/c14-15-11-7-3-5-9-8-4-1-2-6-10(8)13-12(9)11/h1-7,13H. The Balaban J connectivity index is 2.59. The number of H-pyrrole nitrogens is 1. The van der Waals surface area contributed by atoms with E-state index >= 15 is 0 Å². The van der Waals surface area contributed by atoms with E-state index in [1.165, 1.54) is 5.39 Å². The first-order valence-electron chi connectivity index (χ1n) is 4.73. The number of rotatable bonds is 1. The number of hydrogen-bond donors (Lipinski definition) is 1. The Kier molecular flexibility index (Phi) is 1.83. The predicted octanol–water partition coefficient (Wildman–Crippen LogP) is 3.24. The van der Waals surface area contributed by atoms with Gasteiger partial charge in [-0.05, 0) is 12.1 Å². The lowest BCUT2D eigenvalue weighted by Crippen LogP contribution is -1.91. The molecular weight excluding hydrogens is 205 g/mol. The van der Waals surface area contributed by atoms with Gasteiger partial charge in [-0.25, -0.2) is 0 Å². The zero-order chi connectivity index (χ0) is 10.3. The van der Waals surface area contributed by atoms with Crippen LogP contribution in [0.5, 0.6) is 0 Å². The maximum atomic E-state index is 11.0. The molecule has 3 heteroatoms. The maximum Gasteiger partial charge on any atom is 0.194 e. The van der Waals surface area contributed by atoms with Gasteiger partial charge in [0.15, 0.2) is 8.46 Å². The van der Waals surface area contributed by atoms with Gasteiger partial charge >= 0.3 is 0 Å². The summed E-state index contributed by atoms with van der Waals surface area (Å²) in [4.78, 5) is 3.29. The summed E-state index contributed by atoms with van der Waals surface area (Å²) in [5, 5.41) is 3.12. The van der Waals surface area contributed by atoms with Gasteiger partial charge in [-0.3, -0.25) is 4.57 Å². The quantitative estimate of drug-likeness (QED) is 0.618. The molecule has 0 aliphatic rings. The Hall–Kier alpha value is -1.66. The van der Waals surface area contributed by atoms with E-state index in [-0.39, 0.29) is 8.46 Å². The molecule has 0 aliphatic carbocycles. The summed E-state index contributed by atoms with van der Waals surface area (Å²) in [5.74, 6) is 0. The molecular formula is C12H8NOP. The van der Waals surface area contributed by atoms with Gasteiger partial charge in [0.2, 0.25) is 0 Å². The van der Waals surface area contributed by atoms with E-state index in [2.05, 4.69) is 11.1 Å². The molecule has 72 valence electrons. The van der Waals surface area contributed by atoms with Gasteiger partial charge in [0.25, 0.3) is 0 Å². The van der Waals surface area contributed by atoms with E-state index < -0.39 is 0 Å². The first-order valence-corrected chi connectivity index (χ1v) is 5.54. The van der Waals surface area contributed by atoms with Crippen molar-refractivity contribution in [2.75, 3.05) is 0 Å². The van der Waals surface area contributed by atoms with Crippen molar-refractivity contribution in [1.82, 2.24) is 4.98 Å². The van der Waals surface area contributed by atoms with Gasteiger partial charge in [-0.15, -0.1) is 0 Å². The molecule has 0 saturated carbocycles. The zero-order valence-electron chi connectivity index (χ0n) is 7.90. The normalized spacial score (nSPS) is 11.5. The van der Waals surface area contributed by atoms with Crippen LogP contribution in [0.3, 0.4) is 0 Å². The molecule has 0 aliphatic heterocycles. The molecule has 0 atom stereocenters. The minimum absolute atomic E-state index is 0.0598. The van der Waals surface area contributed by atoms with Crippen LogP contribution in [0.4, 0.5) is 0 Å². The molecule has 3 rings (SSSR count). The monoisotopic (exact) mass is 213 g/mol. The van der Waals surface area contributed by atoms with E-state index in [1.807, 2.05) is 36.4 Å². The van der Waals surface area contributed by atoms with Gasteiger partial charge in [0.1, 0.15) is 0 Å². The van der Waals surface area contributed by atoms with Crippen LogP contribution in [-0.4, -0.2) is 4.98 Å². The van der Waals surface area contributed by atoms with E-state index in [1.54, 1.807) is 0 Å². The van der Waals surface area contributed by atoms with Gasteiger partial charge in [-0.2, -0.15) is 0 Å². The van der Waals surface area contributed by atoms with Crippen molar-refractivity contribution < 1.29 is 4.57 Å². The summed E-state index contributed by atoms with van der Waals surface area (Å²) in [7, 11) is 0.0598. The van der Waals surface area contributed by atoms with Crippen molar-refractivity contribution in [1.29, 1.82) is 0 Å². The minimum Gasteiger partial charge on any atom is -0.354 e. The SMILES string of the molecule is O=Pc1cccc2c1[nH]c1ccccc12. The molecule has 0 spiro atoms. The average Bonchev–Trinajstić information content (AvgIpc) is 2.67. The molecule has 1 heterocycles. The third-order valence-electron chi connectivity index (χ3n) is 2.62. The van der Waals surface area contributed by atoms with Crippen LogP contribution in [0.15, 0.2) is 42.5 Å². The Morgan fingerprint density at radius 1 is 0.933 bits per heavy atom. The highest BCUT2D eigenvalue weighted by atomic mass is 31.1. The van der Waals surface area contributed by atoms with Gasteiger partial charge < -0.3 is 4.98 Å². The highest BCUT2D eigenvalue weighted by Crippen LogP contribution is 2.24. The highest BCUT2D eigenvalue weighted by molar-refractivity contribution is 7.34. The number of nitrogens with one attached hydrogen (secondary N) is 1. The molecule has 0 unspecified atom stereocenters. The summed E-state index contributed by atoms with van der Waals surface area (Å²) in [6.07, 6.45) is 0. The third kappa shape index (κ3) is 1.19. The second kappa shape index (κ2) is 3.18. The van der Waals surface area contributed by atoms with Crippen molar-refractivity contribution >= 4 is 35.6 Å². The van der Waals surface area contributed by atoms with E-state index in [9.17, 15) is 4.57 Å². The van der Waals surface area contributed by atoms with E-state index in [0.29, 0.717) is 0 Å². The lowest BCUT2D eigenvalue weighted by atomic mass is 10.1. The Morgan fingerprint density at radius 3 is 2.60 bits per heavy atom. The molecule has 0 saturated heterocycles. The summed E-state index contributed by atoms with van der Waals surface area (Å²) in [6.45, 7) is 0. The average molecular weight is 213 g/mol. The number of benzene rings is 2. The number of fused-ring (bicyclic) bond motifs is 3. The van der Waals surface area contributed by atoms with Crippen LogP contribution in [0, 0.1) is 0 Å². The second-order valence-electron chi connectivity index (χ2n) is 3.46.